The van der Waals surface area contributed by atoms with Gasteiger partial charge in [-0.2, -0.15) is 0 Å². The molecule has 0 fully saturated rings. The van der Waals surface area contributed by atoms with Gasteiger partial charge in [0, 0.05) is 24.4 Å². The van der Waals surface area contributed by atoms with Crippen LogP contribution in [0.2, 0.25) is 0 Å². The van der Waals surface area contributed by atoms with Crippen LogP contribution in [0.25, 0.3) is 0 Å². The van der Waals surface area contributed by atoms with Crippen molar-refractivity contribution >= 4 is 5.97 Å². The quantitative estimate of drug-likeness (QED) is 0.714. The first-order chi connectivity index (χ1) is 7.13. The fourth-order valence-electron chi connectivity index (χ4n) is 1.51. The fraction of sp³-hybridized carbons (Fsp3) is 0.545. The van der Waals surface area contributed by atoms with Gasteiger partial charge in [-0.1, -0.05) is 0 Å². The third-order valence-electron chi connectivity index (χ3n) is 2.24. The van der Waals surface area contributed by atoms with E-state index < -0.39 is 0 Å². The van der Waals surface area contributed by atoms with Crippen LogP contribution >= 0.6 is 0 Å². The van der Waals surface area contributed by atoms with Gasteiger partial charge < -0.3 is 15.5 Å². The van der Waals surface area contributed by atoms with E-state index in [4.69, 9.17) is 10.5 Å². The maximum absolute atomic E-state index is 11.0. The summed E-state index contributed by atoms with van der Waals surface area (Å²) in [6.07, 6.45) is 1.05. The number of aryl methyl sites for hydroxylation is 2. The maximum atomic E-state index is 11.0. The molecule has 3 N–H and O–H groups in total. The van der Waals surface area contributed by atoms with Gasteiger partial charge in [-0.15, -0.1) is 0 Å². The van der Waals surface area contributed by atoms with E-state index >= 15 is 0 Å². The first kappa shape index (κ1) is 11.8. The molecule has 0 aromatic carbocycles. The summed E-state index contributed by atoms with van der Waals surface area (Å²) in [5, 5.41) is 0. The van der Waals surface area contributed by atoms with Crippen molar-refractivity contribution in [2.45, 2.75) is 26.7 Å². The number of carbonyl (C=O) groups excluding carboxylic acids is 1. The fourth-order valence-corrected chi connectivity index (χ4v) is 1.51. The lowest BCUT2D eigenvalue weighted by molar-refractivity contribution is -0.143. The Bertz CT molecular complexity index is 331. The van der Waals surface area contributed by atoms with Crippen molar-refractivity contribution in [3.8, 4) is 0 Å². The Kier molecular flexibility index (Phi) is 4.37. The highest BCUT2D eigenvalue weighted by Crippen LogP contribution is 2.09. The van der Waals surface area contributed by atoms with Crippen molar-refractivity contribution in [2.75, 3.05) is 13.2 Å². The van der Waals surface area contributed by atoms with Crippen LogP contribution in [0.5, 0.6) is 0 Å². The SMILES string of the molecule is Cc1cc(CCOC(=O)CCN)c(C)[nH]1. The second kappa shape index (κ2) is 5.56. The molecule has 84 valence electrons. The number of H-pyrrole nitrogens is 1. The number of nitrogens with one attached hydrogen (secondary N) is 1. The van der Waals surface area contributed by atoms with E-state index in [1.54, 1.807) is 0 Å². The summed E-state index contributed by atoms with van der Waals surface area (Å²) in [5.41, 5.74) is 8.71. The van der Waals surface area contributed by atoms with Crippen molar-refractivity contribution in [3.63, 3.8) is 0 Å². The molecule has 0 aliphatic rings. The van der Waals surface area contributed by atoms with E-state index in [0.717, 1.165) is 17.8 Å². The van der Waals surface area contributed by atoms with Crippen LogP contribution in [-0.2, 0) is 16.0 Å². The molecule has 1 aromatic heterocycles. The Labute approximate surface area is 89.8 Å². The molecule has 4 nitrogen and oxygen atoms in total. The number of aromatic nitrogens is 1. The van der Waals surface area contributed by atoms with Crippen molar-refractivity contribution < 1.29 is 9.53 Å². The molecular weight excluding hydrogens is 192 g/mol. The number of rotatable bonds is 5. The van der Waals surface area contributed by atoms with Crippen molar-refractivity contribution in [2.24, 2.45) is 5.73 Å². The van der Waals surface area contributed by atoms with E-state index in [2.05, 4.69) is 11.1 Å². The molecule has 0 amide bonds. The number of ether oxygens (including phenoxy) is 1. The Morgan fingerprint density at radius 1 is 1.53 bits per heavy atom. The highest BCUT2D eigenvalue weighted by molar-refractivity contribution is 5.69. The lowest BCUT2D eigenvalue weighted by Gasteiger charge is -2.03. The molecule has 0 atom stereocenters. The molecule has 0 radical (unpaired) electrons. The minimum atomic E-state index is -0.220. The summed E-state index contributed by atoms with van der Waals surface area (Å²) >= 11 is 0. The molecule has 0 aliphatic heterocycles. The van der Waals surface area contributed by atoms with Gasteiger partial charge in [0.1, 0.15) is 0 Å². The van der Waals surface area contributed by atoms with Crippen LogP contribution in [-0.4, -0.2) is 24.1 Å². The second-order valence-electron chi connectivity index (χ2n) is 3.61. The van der Waals surface area contributed by atoms with E-state index in [9.17, 15) is 4.79 Å². The number of hydrogen-bond donors (Lipinski definition) is 2. The molecule has 0 saturated carbocycles. The zero-order valence-electron chi connectivity index (χ0n) is 9.30. The molecule has 1 rings (SSSR count). The van der Waals surface area contributed by atoms with Gasteiger partial charge in [0.2, 0.25) is 0 Å². The highest BCUT2D eigenvalue weighted by Gasteiger charge is 2.04. The number of carbonyl (C=O) groups is 1. The number of hydrogen-bond acceptors (Lipinski definition) is 3. The Morgan fingerprint density at radius 2 is 2.27 bits per heavy atom. The Balaban J connectivity index is 2.31. The van der Waals surface area contributed by atoms with E-state index in [-0.39, 0.29) is 5.97 Å². The average Bonchev–Trinajstić information content (AvgIpc) is 2.46. The zero-order chi connectivity index (χ0) is 11.3. The van der Waals surface area contributed by atoms with Gasteiger partial charge in [0.25, 0.3) is 0 Å². The smallest absolute Gasteiger partial charge is 0.307 e. The van der Waals surface area contributed by atoms with Crippen LogP contribution in [0.4, 0.5) is 0 Å². The first-order valence-electron chi connectivity index (χ1n) is 5.14. The van der Waals surface area contributed by atoms with E-state index in [1.165, 1.54) is 5.56 Å². The van der Waals surface area contributed by atoms with E-state index in [0.29, 0.717) is 19.6 Å². The molecule has 0 saturated heterocycles. The van der Waals surface area contributed by atoms with Gasteiger partial charge >= 0.3 is 5.97 Å². The summed E-state index contributed by atoms with van der Waals surface area (Å²) in [4.78, 5) is 14.2. The third kappa shape index (κ3) is 3.75. The Hall–Kier alpha value is -1.29. The van der Waals surface area contributed by atoms with Gasteiger partial charge in [0.05, 0.1) is 13.0 Å². The minimum Gasteiger partial charge on any atom is -0.465 e. The summed E-state index contributed by atoms with van der Waals surface area (Å²) in [5.74, 6) is -0.220. The first-order valence-corrected chi connectivity index (χ1v) is 5.14. The molecule has 1 aromatic rings. The van der Waals surface area contributed by atoms with Crippen molar-refractivity contribution in [3.05, 3.63) is 23.0 Å². The van der Waals surface area contributed by atoms with Gasteiger partial charge in [-0.25, -0.2) is 0 Å². The zero-order valence-corrected chi connectivity index (χ0v) is 9.30. The molecular formula is C11H18N2O2. The number of aromatic amines is 1. The van der Waals surface area contributed by atoms with Gasteiger partial charge in [-0.05, 0) is 25.5 Å². The van der Waals surface area contributed by atoms with Crippen molar-refractivity contribution in [1.82, 2.24) is 4.98 Å². The predicted octanol–water partition coefficient (Wildman–Crippen LogP) is 1.07. The Morgan fingerprint density at radius 3 is 2.80 bits per heavy atom. The maximum Gasteiger partial charge on any atom is 0.307 e. The van der Waals surface area contributed by atoms with Crippen LogP contribution in [0.1, 0.15) is 23.4 Å². The molecule has 0 aliphatic carbocycles. The third-order valence-corrected chi connectivity index (χ3v) is 2.24. The highest BCUT2D eigenvalue weighted by atomic mass is 16.5. The molecule has 0 bridgehead atoms. The molecule has 0 unspecified atom stereocenters. The summed E-state index contributed by atoms with van der Waals surface area (Å²) < 4.78 is 5.02. The van der Waals surface area contributed by atoms with Crippen LogP contribution < -0.4 is 5.73 Å². The van der Waals surface area contributed by atoms with Gasteiger partial charge in [0.15, 0.2) is 0 Å². The largest absolute Gasteiger partial charge is 0.465 e. The molecule has 15 heavy (non-hydrogen) atoms. The second-order valence-corrected chi connectivity index (χ2v) is 3.61. The topological polar surface area (TPSA) is 68.1 Å². The van der Waals surface area contributed by atoms with Crippen LogP contribution in [0.3, 0.4) is 0 Å². The van der Waals surface area contributed by atoms with Gasteiger partial charge in [-0.3, -0.25) is 4.79 Å². The standard InChI is InChI=1S/C11H18N2O2/c1-8-7-10(9(2)13-8)4-6-15-11(14)3-5-12/h7,13H,3-6,12H2,1-2H3. The summed E-state index contributed by atoms with van der Waals surface area (Å²) in [6.45, 7) is 4.80. The minimum absolute atomic E-state index is 0.220. The summed E-state index contributed by atoms with van der Waals surface area (Å²) in [7, 11) is 0. The lowest BCUT2D eigenvalue weighted by Crippen LogP contribution is -2.12. The normalized spacial score (nSPS) is 10.3. The number of esters is 1. The predicted molar refractivity (Wildman–Crippen MR) is 58.6 cm³/mol. The monoisotopic (exact) mass is 210 g/mol. The van der Waals surface area contributed by atoms with Crippen LogP contribution in [0, 0.1) is 13.8 Å². The summed E-state index contributed by atoms with van der Waals surface area (Å²) in [6, 6.07) is 2.08. The van der Waals surface area contributed by atoms with E-state index in [1.807, 2.05) is 13.8 Å². The molecule has 0 spiro atoms. The lowest BCUT2D eigenvalue weighted by atomic mass is 10.2. The average molecular weight is 210 g/mol. The number of nitrogens with two attached hydrogens (primary N) is 1. The van der Waals surface area contributed by atoms with Crippen LogP contribution in [0.15, 0.2) is 6.07 Å². The van der Waals surface area contributed by atoms with Crippen molar-refractivity contribution in [1.29, 1.82) is 0 Å². The molecule has 1 heterocycles. The molecule has 4 heteroatoms.